The second kappa shape index (κ2) is 16.3. The highest BCUT2D eigenvalue weighted by molar-refractivity contribution is 7.99. The second-order valence-electron chi connectivity index (χ2n) is 7.64. The SMILES string of the molecule is CCCCCCCC/C=C\CCCCCCCSc1ncc(-c2ccccn2)o1. The summed E-state index contributed by atoms with van der Waals surface area (Å²) >= 11 is 1.70. The van der Waals surface area contributed by atoms with Crippen molar-refractivity contribution in [1.82, 2.24) is 9.97 Å². The minimum Gasteiger partial charge on any atom is -0.430 e. The molecule has 0 aliphatic heterocycles. The highest BCUT2D eigenvalue weighted by Gasteiger charge is 2.07. The predicted octanol–water partition coefficient (Wildman–Crippen LogP) is 8.48. The lowest BCUT2D eigenvalue weighted by Crippen LogP contribution is -1.83. The van der Waals surface area contributed by atoms with Gasteiger partial charge in [0.25, 0.3) is 5.22 Å². The number of hydrogen-bond acceptors (Lipinski definition) is 4. The number of aromatic nitrogens is 2. The first-order valence-corrected chi connectivity index (χ1v) is 12.5. The summed E-state index contributed by atoms with van der Waals surface area (Å²) in [4.78, 5) is 8.64. The van der Waals surface area contributed by atoms with E-state index in [1.165, 1.54) is 83.5 Å². The van der Waals surface area contributed by atoms with E-state index in [0.717, 1.165) is 22.4 Å². The number of allylic oxidation sites excluding steroid dienone is 2. The van der Waals surface area contributed by atoms with Crippen LogP contribution in [0.5, 0.6) is 0 Å². The molecule has 0 aliphatic carbocycles. The molecule has 2 aromatic heterocycles. The zero-order valence-electron chi connectivity index (χ0n) is 18.2. The Balaban J connectivity index is 1.38. The molecule has 2 heterocycles. The van der Waals surface area contributed by atoms with E-state index in [1.54, 1.807) is 24.2 Å². The molecule has 0 aliphatic rings. The summed E-state index contributed by atoms with van der Waals surface area (Å²) in [5, 5.41) is 0.751. The van der Waals surface area contributed by atoms with Crippen LogP contribution >= 0.6 is 11.8 Å². The van der Waals surface area contributed by atoms with E-state index < -0.39 is 0 Å². The molecule has 160 valence electrons. The zero-order valence-corrected chi connectivity index (χ0v) is 19.0. The number of pyridine rings is 1. The predicted molar refractivity (Wildman–Crippen MR) is 125 cm³/mol. The van der Waals surface area contributed by atoms with Gasteiger partial charge in [-0.2, -0.15) is 0 Å². The summed E-state index contributed by atoms with van der Waals surface area (Å²) in [5.74, 6) is 1.82. The van der Waals surface area contributed by atoms with Crippen molar-refractivity contribution in [3.05, 3.63) is 42.7 Å². The molecule has 2 rings (SSSR count). The van der Waals surface area contributed by atoms with Gasteiger partial charge in [-0.3, -0.25) is 4.98 Å². The third-order valence-corrected chi connectivity index (χ3v) is 5.96. The highest BCUT2D eigenvalue weighted by atomic mass is 32.2. The quantitative estimate of drug-likeness (QED) is 0.148. The Morgan fingerprint density at radius 2 is 1.52 bits per heavy atom. The van der Waals surface area contributed by atoms with Crippen molar-refractivity contribution in [2.45, 2.75) is 95.6 Å². The fourth-order valence-corrected chi connectivity index (χ4v) is 4.08. The first-order valence-electron chi connectivity index (χ1n) is 11.5. The van der Waals surface area contributed by atoms with E-state index in [0.29, 0.717) is 0 Å². The molecule has 0 spiro atoms. The van der Waals surface area contributed by atoms with E-state index >= 15 is 0 Å². The van der Waals surface area contributed by atoms with Crippen molar-refractivity contribution >= 4 is 11.8 Å². The van der Waals surface area contributed by atoms with Crippen LogP contribution in [0.25, 0.3) is 11.5 Å². The molecule has 0 aromatic carbocycles. The van der Waals surface area contributed by atoms with Crippen LogP contribution in [-0.4, -0.2) is 15.7 Å². The van der Waals surface area contributed by atoms with Gasteiger partial charge in [-0.05, 0) is 44.2 Å². The van der Waals surface area contributed by atoms with Gasteiger partial charge in [-0.15, -0.1) is 0 Å². The number of hydrogen-bond donors (Lipinski definition) is 0. The molecule has 0 amide bonds. The topological polar surface area (TPSA) is 38.9 Å². The molecule has 0 unspecified atom stereocenters. The standard InChI is InChI=1S/C25H38N2OS/c1-2-3-4-5-6-7-8-9-10-11-12-13-14-15-18-21-29-25-27-22-24(28-25)23-19-16-17-20-26-23/h9-10,16-17,19-20,22H,2-8,11-15,18,21H2,1H3/b10-9-. The van der Waals surface area contributed by atoms with Gasteiger partial charge in [0.1, 0.15) is 5.69 Å². The molecular formula is C25H38N2OS. The number of unbranched alkanes of at least 4 members (excludes halogenated alkanes) is 11. The number of oxazole rings is 1. The minimum atomic E-state index is 0.748. The van der Waals surface area contributed by atoms with Gasteiger partial charge < -0.3 is 4.42 Å². The first-order chi connectivity index (χ1) is 14.4. The van der Waals surface area contributed by atoms with Crippen LogP contribution in [0, 0.1) is 0 Å². The molecule has 2 aromatic rings. The van der Waals surface area contributed by atoms with Crippen LogP contribution < -0.4 is 0 Å². The third-order valence-electron chi connectivity index (χ3n) is 5.03. The fraction of sp³-hybridized carbons (Fsp3) is 0.600. The molecule has 0 fully saturated rings. The van der Waals surface area contributed by atoms with Crippen molar-refractivity contribution in [1.29, 1.82) is 0 Å². The van der Waals surface area contributed by atoms with Gasteiger partial charge in [0.15, 0.2) is 5.76 Å². The molecule has 0 N–H and O–H groups in total. The number of rotatable bonds is 17. The fourth-order valence-electron chi connectivity index (χ4n) is 3.28. The van der Waals surface area contributed by atoms with Crippen molar-refractivity contribution in [3.8, 4) is 11.5 Å². The number of thioether (sulfide) groups is 1. The first kappa shape index (κ1) is 23.7. The van der Waals surface area contributed by atoms with Gasteiger partial charge in [-0.1, -0.05) is 88.3 Å². The summed E-state index contributed by atoms with van der Waals surface area (Å²) in [7, 11) is 0. The Kier molecular flexibility index (Phi) is 13.3. The van der Waals surface area contributed by atoms with E-state index in [9.17, 15) is 0 Å². The Morgan fingerprint density at radius 1 is 0.828 bits per heavy atom. The van der Waals surface area contributed by atoms with Gasteiger partial charge >= 0.3 is 0 Å². The lowest BCUT2D eigenvalue weighted by molar-refractivity contribution is 0.464. The normalized spacial score (nSPS) is 11.5. The summed E-state index contributed by atoms with van der Waals surface area (Å²) < 4.78 is 5.78. The smallest absolute Gasteiger partial charge is 0.256 e. The van der Waals surface area contributed by atoms with Gasteiger partial charge in [0, 0.05) is 11.9 Å². The van der Waals surface area contributed by atoms with E-state index in [4.69, 9.17) is 4.42 Å². The van der Waals surface area contributed by atoms with Crippen LogP contribution in [0.4, 0.5) is 0 Å². The maximum absolute atomic E-state index is 5.78. The van der Waals surface area contributed by atoms with Gasteiger partial charge in [-0.25, -0.2) is 4.98 Å². The maximum Gasteiger partial charge on any atom is 0.256 e. The zero-order chi connectivity index (χ0) is 20.4. The van der Waals surface area contributed by atoms with Crippen molar-refractivity contribution in [2.24, 2.45) is 0 Å². The van der Waals surface area contributed by atoms with Crippen molar-refractivity contribution in [3.63, 3.8) is 0 Å². The summed E-state index contributed by atoms with van der Waals surface area (Å²) in [6, 6.07) is 5.81. The van der Waals surface area contributed by atoms with Crippen molar-refractivity contribution in [2.75, 3.05) is 5.75 Å². The Bertz CT molecular complexity index is 654. The molecule has 0 saturated heterocycles. The second-order valence-corrected chi connectivity index (χ2v) is 8.68. The average molecular weight is 415 g/mol. The Hall–Kier alpha value is -1.55. The van der Waals surface area contributed by atoms with E-state index in [1.807, 2.05) is 18.2 Å². The Morgan fingerprint density at radius 3 is 2.21 bits per heavy atom. The lowest BCUT2D eigenvalue weighted by atomic mass is 10.1. The monoisotopic (exact) mass is 414 g/mol. The van der Waals surface area contributed by atoms with Crippen LogP contribution in [0.1, 0.15) is 90.4 Å². The van der Waals surface area contributed by atoms with Crippen LogP contribution in [0.15, 0.2) is 52.4 Å². The van der Waals surface area contributed by atoms with Crippen LogP contribution in [0.2, 0.25) is 0 Å². The average Bonchev–Trinajstić information content (AvgIpc) is 3.23. The summed E-state index contributed by atoms with van der Waals surface area (Å²) in [6.07, 6.45) is 25.7. The molecule has 0 saturated carbocycles. The third kappa shape index (κ3) is 11.3. The highest BCUT2D eigenvalue weighted by Crippen LogP contribution is 2.24. The summed E-state index contributed by atoms with van der Waals surface area (Å²) in [6.45, 7) is 2.28. The molecule has 0 bridgehead atoms. The molecule has 3 nitrogen and oxygen atoms in total. The van der Waals surface area contributed by atoms with Gasteiger partial charge in [0.2, 0.25) is 0 Å². The molecule has 4 heteroatoms. The largest absolute Gasteiger partial charge is 0.430 e. The van der Waals surface area contributed by atoms with E-state index in [2.05, 4.69) is 29.0 Å². The lowest BCUT2D eigenvalue weighted by Gasteiger charge is -2.00. The maximum atomic E-state index is 5.78. The van der Waals surface area contributed by atoms with Gasteiger partial charge in [0.05, 0.1) is 6.20 Å². The number of nitrogens with zero attached hydrogens (tertiary/aromatic N) is 2. The molecular weight excluding hydrogens is 376 g/mol. The van der Waals surface area contributed by atoms with E-state index in [-0.39, 0.29) is 0 Å². The molecule has 0 atom stereocenters. The molecule has 29 heavy (non-hydrogen) atoms. The Labute approximate surface area is 181 Å². The van der Waals surface area contributed by atoms with Crippen LogP contribution in [0.3, 0.4) is 0 Å². The van der Waals surface area contributed by atoms with Crippen LogP contribution in [-0.2, 0) is 0 Å². The minimum absolute atomic E-state index is 0.748. The summed E-state index contributed by atoms with van der Waals surface area (Å²) in [5.41, 5.74) is 0.841. The van der Waals surface area contributed by atoms with Crippen molar-refractivity contribution < 1.29 is 4.42 Å². The molecule has 0 radical (unpaired) electrons.